The van der Waals surface area contributed by atoms with Gasteiger partial charge in [-0.2, -0.15) is 11.3 Å². The number of hydrogen-bond acceptors (Lipinski definition) is 2. The van der Waals surface area contributed by atoms with Crippen LogP contribution in [0, 0.1) is 12.3 Å². The van der Waals surface area contributed by atoms with Crippen LogP contribution in [0.2, 0.25) is 0 Å². The normalized spacial score (nSPS) is 12.3. The van der Waals surface area contributed by atoms with E-state index < -0.39 is 0 Å². The van der Waals surface area contributed by atoms with Crippen LogP contribution in [-0.4, -0.2) is 13.1 Å². The molecule has 0 aromatic carbocycles. The second kappa shape index (κ2) is 6.64. The van der Waals surface area contributed by atoms with Crippen LogP contribution >= 0.6 is 11.3 Å². The van der Waals surface area contributed by atoms with Crippen molar-refractivity contribution >= 4 is 11.3 Å². The van der Waals surface area contributed by atoms with Gasteiger partial charge in [0.1, 0.15) is 0 Å². The first-order chi connectivity index (χ1) is 6.86. The highest BCUT2D eigenvalue weighted by Gasteiger charge is 2.06. The summed E-state index contributed by atoms with van der Waals surface area (Å²) in [6.07, 6.45) is 9.51. The van der Waals surface area contributed by atoms with Gasteiger partial charge in [-0.25, -0.2) is 0 Å². The minimum atomic E-state index is 0.568. The lowest BCUT2D eigenvalue weighted by atomic mass is 10.0. The van der Waals surface area contributed by atoms with Gasteiger partial charge in [-0.1, -0.05) is 0 Å². The van der Waals surface area contributed by atoms with Gasteiger partial charge < -0.3 is 5.32 Å². The third-order valence-corrected chi connectivity index (χ3v) is 3.08. The third-order valence-electron chi connectivity index (χ3n) is 2.34. The number of likely N-dealkylation sites (N-methyl/N-ethyl adjacent to an activating group) is 1. The molecule has 1 rings (SSSR count). The molecule has 0 saturated carbocycles. The highest BCUT2D eigenvalue weighted by atomic mass is 32.1. The van der Waals surface area contributed by atoms with Crippen LogP contribution in [0.5, 0.6) is 0 Å². The molecule has 0 bridgehead atoms. The average molecular weight is 207 g/mol. The van der Waals surface area contributed by atoms with Gasteiger partial charge in [-0.05, 0) is 48.7 Å². The molecule has 1 nitrogen and oxygen atoms in total. The third kappa shape index (κ3) is 3.95. The molecule has 1 heterocycles. The Bertz CT molecular complexity index is 271. The predicted octanol–water partition coefficient (Wildman–Crippen LogP) is 2.68. The summed E-state index contributed by atoms with van der Waals surface area (Å²) in [5.41, 5.74) is 1.43. The smallest absolute Gasteiger partial charge is 0.0105 e. The van der Waals surface area contributed by atoms with Gasteiger partial charge in [-0.15, -0.1) is 12.3 Å². The van der Waals surface area contributed by atoms with E-state index in [-0.39, 0.29) is 0 Å². The Morgan fingerprint density at radius 3 is 3.07 bits per heavy atom. The first kappa shape index (κ1) is 11.3. The predicted molar refractivity (Wildman–Crippen MR) is 63.6 cm³/mol. The molecule has 0 spiro atoms. The van der Waals surface area contributed by atoms with E-state index in [0.717, 1.165) is 25.7 Å². The summed E-state index contributed by atoms with van der Waals surface area (Å²) in [6, 6.07) is 2.76. The fraction of sp³-hybridized carbons (Fsp3) is 0.500. The van der Waals surface area contributed by atoms with Crippen LogP contribution in [0.15, 0.2) is 16.8 Å². The number of hydrogen-bond donors (Lipinski definition) is 1. The van der Waals surface area contributed by atoms with Crippen molar-refractivity contribution in [1.82, 2.24) is 5.32 Å². The zero-order valence-electron chi connectivity index (χ0n) is 8.62. The van der Waals surface area contributed by atoms with E-state index in [0.29, 0.717) is 6.04 Å². The summed E-state index contributed by atoms with van der Waals surface area (Å²) in [5.74, 6) is 2.68. The Morgan fingerprint density at radius 1 is 1.64 bits per heavy atom. The van der Waals surface area contributed by atoms with E-state index >= 15 is 0 Å². The second-order valence-corrected chi connectivity index (χ2v) is 4.20. The Morgan fingerprint density at radius 2 is 2.50 bits per heavy atom. The first-order valence-electron chi connectivity index (χ1n) is 4.98. The molecule has 0 radical (unpaired) electrons. The van der Waals surface area contributed by atoms with E-state index in [1.54, 1.807) is 11.3 Å². The minimum Gasteiger partial charge on any atom is -0.317 e. The molecule has 0 aliphatic heterocycles. The monoisotopic (exact) mass is 207 g/mol. The van der Waals surface area contributed by atoms with Crippen molar-refractivity contribution < 1.29 is 0 Å². The Hall–Kier alpha value is -0.780. The number of thiophene rings is 1. The van der Waals surface area contributed by atoms with Crippen LogP contribution < -0.4 is 5.32 Å². The summed E-state index contributed by atoms with van der Waals surface area (Å²) >= 11 is 1.76. The van der Waals surface area contributed by atoms with Gasteiger partial charge >= 0.3 is 0 Å². The van der Waals surface area contributed by atoms with E-state index in [4.69, 9.17) is 6.42 Å². The summed E-state index contributed by atoms with van der Waals surface area (Å²) in [5, 5.41) is 7.68. The van der Waals surface area contributed by atoms with Gasteiger partial charge in [0, 0.05) is 12.5 Å². The SMILES string of the molecule is C#CCCCC(Cc1ccsc1)NC. The van der Waals surface area contributed by atoms with E-state index in [1.807, 2.05) is 7.05 Å². The number of unbranched alkanes of at least 4 members (excludes halogenated alkanes) is 1. The van der Waals surface area contributed by atoms with Crippen molar-refractivity contribution in [2.45, 2.75) is 31.7 Å². The molecule has 0 aliphatic rings. The summed E-state index contributed by atoms with van der Waals surface area (Å²) < 4.78 is 0. The fourth-order valence-electron chi connectivity index (χ4n) is 1.49. The van der Waals surface area contributed by atoms with Crippen molar-refractivity contribution in [3.63, 3.8) is 0 Å². The van der Waals surface area contributed by atoms with Crippen molar-refractivity contribution in [3.05, 3.63) is 22.4 Å². The van der Waals surface area contributed by atoms with Crippen molar-refractivity contribution in [1.29, 1.82) is 0 Å². The Balaban J connectivity index is 2.29. The largest absolute Gasteiger partial charge is 0.317 e. The van der Waals surface area contributed by atoms with Crippen LogP contribution in [0.25, 0.3) is 0 Å². The molecular formula is C12H17NS. The van der Waals surface area contributed by atoms with E-state index in [9.17, 15) is 0 Å². The number of terminal acetylenes is 1. The van der Waals surface area contributed by atoms with Gasteiger partial charge in [-0.3, -0.25) is 0 Å². The van der Waals surface area contributed by atoms with Gasteiger partial charge in [0.15, 0.2) is 0 Å². The lowest BCUT2D eigenvalue weighted by Gasteiger charge is -2.14. The number of nitrogens with one attached hydrogen (secondary N) is 1. The van der Waals surface area contributed by atoms with Crippen molar-refractivity contribution in [2.24, 2.45) is 0 Å². The fourth-order valence-corrected chi connectivity index (χ4v) is 2.17. The second-order valence-electron chi connectivity index (χ2n) is 3.42. The Labute approximate surface area is 90.5 Å². The molecule has 14 heavy (non-hydrogen) atoms. The summed E-state index contributed by atoms with van der Waals surface area (Å²) in [7, 11) is 2.02. The topological polar surface area (TPSA) is 12.0 Å². The van der Waals surface area contributed by atoms with Gasteiger partial charge in [0.25, 0.3) is 0 Å². The molecular weight excluding hydrogens is 190 g/mol. The maximum Gasteiger partial charge on any atom is 0.0105 e. The van der Waals surface area contributed by atoms with Crippen LogP contribution in [0.1, 0.15) is 24.8 Å². The molecule has 0 saturated heterocycles. The highest BCUT2D eigenvalue weighted by molar-refractivity contribution is 7.07. The molecule has 0 fully saturated rings. The zero-order valence-corrected chi connectivity index (χ0v) is 9.44. The molecule has 2 heteroatoms. The maximum absolute atomic E-state index is 5.22. The lowest BCUT2D eigenvalue weighted by molar-refractivity contribution is 0.506. The van der Waals surface area contributed by atoms with Crippen LogP contribution in [-0.2, 0) is 6.42 Å². The van der Waals surface area contributed by atoms with Crippen molar-refractivity contribution in [3.8, 4) is 12.3 Å². The van der Waals surface area contributed by atoms with Gasteiger partial charge in [0.2, 0.25) is 0 Å². The highest BCUT2D eigenvalue weighted by Crippen LogP contribution is 2.11. The molecule has 1 atom stereocenters. The molecule has 1 N–H and O–H groups in total. The molecule has 1 aromatic rings. The minimum absolute atomic E-state index is 0.568. The Kier molecular flexibility index (Phi) is 5.36. The zero-order chi connectivity index (χ0) is 10.2. The summed E-state index contributed by atoms with van der Waals surface area (Å²) in [6.45, 7) is 0. The van der Waals surface area contributed by atoms with Crippen molar-refractivity contribution in [2.75, 3.05) is 7.05 Å². The standard InChI is InChI=1S/C12H17NS/c1-3-4-5-6-12(13-2)9-11-7-8-14-10-11/h1,7-8,10,12-13H,4-6,9H2,2H3. The molecule has 1 aromatic heterocycles. The van der Waals surface area contributed by atoms with Gasteiger partial charge in [0.05, 0.1) is 0 Å². The molecule has 0 aliphatic carbocycles. The maximum atomic E-state index is 5.22. The van der Waals surface area contributed by atoms with Crippen LogP contribution in [0.4, 0.5) is 0 Å². The van der Waals surface area contributed by atoms with E-state index in [2.05, 4.69) is 28.1 Å². The first-order valence-corrected chi connectivity index (χ1v) is 5.93. The van der Waals surface area contributed by atoms with Crippen LogP contribution in [0.3, 0.4) is 0 Å². The molecule has 76 valence electrons. The quantitative estimate of drug-likeness (QED) is 0.558. The molecule has 1 unspecified atom stereocenters. The number of rotatable bonds is 6. The molecule has 0 amide bonds. The van der Waals surface area contributed by atoms with E-state index in [1.165, 1.54) is 5.56 Å². The average Bonchev–Trinajstić information content (AvgIpc) is 2.69. The lowest BCUT2D eigenvalue weighted by Crippen LogP contribution is -2.27. The summed E-state index contributed by atoms with van der Waals surface area (Å²) in [4.78, 5) is 0.